The highest BCUT2D eigenvalue weighted by molar-refractivity contribution is 5.82. The summed E-state index contributed by atoms with van der Waals surface area (Å²) < 4.78 is 0. The first kappa shape index (κ1) is 13.8. The monoisotopic (exact) mass is 277 g/mol. The van der Waals surface area contributed by atoms with Crippen molar-refractivity contribution in [2.75, 3.05) is 0 Å². The van der Waals surface area contributed by atoms with Crippen molar-refractivity contribution in [3.63, 3.8) is 0 Å². The summed E-state index contributed by atoms with van der Waals surface area (Å²) in [4.78, 5) is 4.56. The summed E-state index contributed by atoms with van der Waals surface area (Å²) in [5, 5.41) is 11.5. The molecule has 2 nitrogen and oxygen atoms in total. The van der Waals surface area contributed by atoms with Crippen LogP contribution in [-0.2, 0) is 6.42 Å². The highest BCUT2D eigenvalue weighted by Crippen LogP contribution is 2.23. The first-order chi connectivity index (χ1) is 10.2. The molecule has 0 aliphatic rings. The summed E-state index contributed by atoms with van der Waals surface area (Å²) in [6, 6.07) is 20.2. The largest absolute Gasteiger partial charge is 0.388 e. The van der Waals surface area contributed by atoms with E-state index in [-0.39, 0.29) is 0 Å². The standard InChI is InChI=1S/C19H19NO/c1-14-13-16(17-9-5-6-10-18(17)20-14)11-12-19(21)15-7-3-2-4-8-15/h2-10,13,19,21H,11-12H2,1H3. The van der Waals surface area contributed by atoms with Gasteiger partial charge in [0.15, 0.2) is 0 Å². The lowest BCUT2D eigenvalue weighted by Crippen LogP contribution is -2.00. The fraction of sp³-hybridized carbons (Fsp3) is 0.211. The molecule has 106 valence electrons. The van der Waals surface area contributed by atoms with E-state index < -0.39 is 6.10 Å². The molecule has 1 atom stereocenters. The van der Waals surface area contributed by atoms with E-state index in [0.29, 0.717) is 0 Å². The maximum absolute atomic E-state index is 10.3. The molecule has 2 heteroatoms. The van der Waals surface area contributed by atoms with Gasteiger partial charge >= 0.3 is 0 Å². The van der Waals surface area contributed by atoms with Gasteiger partial charge in [-0.25, -0.2) is 0 Å². The lowest BCUT2D eigenvalue weighted by atomic mass is 9.98. The molecule has 2 aromatic carbocycles. The first-order valence-corrected chi connectivity index (χ1v) is 7.32. The number of pyridine rings is 1. The van der Waals surface area contributed by atoms with Crippen LogP contribution in [0.2, 0.25) is 0 Å². The van der Waals surface area contributed by atoms with E-state index in [9.17, 15) is 5.11 Å². The van der Waals surface area contributed by atoms with Crippen molar-refractivity contribution in [3.8, 4) is 0 Å². The van der Waals surface area contributed by atoms with Gasteiger partial charge < -0.3 is 5.11 Å². The van der Waals surface area contributed by atoms with Crippen LogP contribution in [0, 0.1) is 6.92 Å². The number of benzene rings is 2. The Bertz CT molecular complexity index is 737. The summed E-state index contributed by atoms with van der Waals surface area (Å²) in [6.45, 7) is 2.02. The number of rotatable bonds is 4. The van der Waals surface area contributed by atoms with E-state index in [0.717, 1.165) is 29.6 Å². The quantitative estimate of drug-likeness (QED) is 0.775. The van der Waals surface area contributed by atoms with E-state index in [1.165, 1.54) is 10.9 Å². The minimum absolute atomic E-state index is 0.418. The molecule has 0 bridgehead atoms. The van der Waals surface area contributed by atoms with Gasteiger partial charge in [0, 0.05) is 11.1 Å². The van der Waals surface area contributed by atoms with Gasteiger partial charge in [0.25, 0.3) is 0 Å². The molecule has 0 amide bonds. The lowest BCUT2D eigenvalue weighted by Gasteiger charge is -2.12. The van der Waals surface area contributed by atoms with Crippen LogP contribution in [0.4, 0.5) is 0 Å². The van der Waals surface area contributed by atoms with Crippen molar-refractivity contribution in [1.82, 2.24) is 4.98 Å². The Hall–Kier alpha value is -2.19. The molecule has 0 aliphatic carbocycles. The maximum atomic E-state index is 10.3. The number of nitrogens with zero attached hydrogens (tertiary/aromatic N) is 1. The fourth-order valence-electron chi connectivity index (χ4n) is 2.74. The van der Waals surface area contributed by atoms with Crippen LogP contribution in [-0.4, -0.2) is 10.1 Å². The molecule has 3 aromatic rings. The minimum Gasteiger partial charge on any atom is -0.388 e. The third-order valence-electron chi connectivity index (χ3n) is 3.80. The maximum Gasteiger partial charge on any atom is 0.0793 e. The minimum atomic E-state index is -0.418. The number of aliphatic hydroxyl groups is 1. The van der Waals surface area contributed by atoms with Crippen LogP contribution in [0.1, 0.15) is 29.3 Å². The first-order valence-electron chi connectivity index (χ1n) is 7.32. The van der Waals surface area contributed by atoms with Gasteiger partial charge in [-0.1, -0.05) is 48.5 Å². The molecule has 1 heterocycles. The molecule has 0 fully saturated rings. The van der Waals surface area contributed by atoms with Crippen molar-refractivity contribution in [1.29, 1.82) is 0 Å². The highest BCUT2D eigenvalue weighted by Gasteiger charge is 2.09. The zero-order valence-corrected chi connectivity index (χ0v) is 12.2. The van der Waals surface area contributed by atoms with Crippen LogP contribution in [0.5, 0.6) is 0 Å². The Morgan fingerprint density at radius 1 is 1.00 bits per heavy atom. The van der Waals surface area contributed by atoms with Gasteiger partial charge in [-0.2, -0.15) is 0 Å². The SMILES string of the molecule is Cc1cc(CCC(O)c2ccccc2)c2ccccc2n1. The van der Waals surface area contributed by atoms with Crippen molar-refractivity contribution >= 4 is 10.9 Å². The molecular weight excluding hydrogens is 258 g/mol. The van der Waals surface area contributed by atoms with Crippen molar-refractivity contribution in [2.24, 2.45) is 0 Å². The number of para-hydroxylation sites is 1. The molecule has 1 aromatic heterocycles. The number of hydrogen-bond acceptors (Lipinski definition) is 2. The molecule has 1 N–H and O–H groups in total. The van der Waals surface area contributed by atoms with Crippen molar-refractivity contribution < 1.29 is 5.11 Å². The van der Waals surface area contributed by atoms with E-state index >= 15 is 0 Å². The summed E-state index contributed by atoms with van der Waals surface area (Å²) >= 11 is 0. The second-order valence-electron chi connectivity index (χ2n) is 5.41. The van der Waals surface area contributed by atoms with E-state index in [2.05, 4.69) is 17.1 Å². The van der Waals surface area contributed by atoms with Crippen LogP contribution in [0.15, 0.2) is 60.7 Å². The molecule has 3 rings (SSSR count). The highest BCUT2D eigenvalue weighted by atomic mass is 16.3. The van der Waals surface area contributed by atoms with Gasteiger partial charge in [-0.15, -0.1) is 0 Å². The Kier molecular flexibility index (Phi) is 3.98. The smallest absolute Gasteiger partial charge is 0.0793 e. The van der Waals surface area contributed by atoms with E-state index in [1.54, 1.807) is 0 Å². The average Bonchev–Trinajstić information content (AvgIpc) is 2.53. The number of aromatic nitrogens is 1. The molecule has 0 saturated heterocycles. The predicted octanol–water partition coefficient (Wildman–Crippen LogP) is 4.21. The molecule has 0 radical (unpaired) electrons. The third-order valence-corrected chi connectivity index (χ3v) is 3.80. The van der Waals surface area contributed by atoms with Gasteiger partial charge in [0.05, 0.1) is 11.6 Å². The number of aryl methyl sites for hydroxylation is 2. The normalized spacial score (nSPS) is 12.5. The zero-order chi connectivity index (χ0) is 14.7. The van der Waals surface area contributed by atoms with Crippen LogP contribution >= 0.6 is 0 Å². The van der Waals surface area contributed by atoms with Crippen molar-refractivity contribution in [3.05, 3.63) is 77.5 Å². The molecule has 0 saturated carbocycles. The van der Waals surface area contributed by atoms with Crippen LogP contribution < -0.4 is 0 Å². The number of hydrogen-bond donors (Lipinski definition) is 1. The number of aliphatic hydroxyl groups excluding tert-OH is 1. The Morgan fingerprint density at radius 2 is 1.71 bits per heavy atom. The van der Waals surface area contributed by atoms with Gasteiger partial charge in [-0.3, -0.25) is 4.98 Å². The van der Waals surface area contributed by atoms with Gasteiger partial charge in [-0.05, 0) is 43.0 Å². The summed E-state index contributed by atoms with van der Waals surface area (Å²) in [7, 11) is 0. The molecule has 0 aliphatic heterocycles. The Morgan fingerprint density at radius 3 is 2.52 bits per heavy atom. The molecule has 0 spiro atoms. The third kappa shape index (κ3) is 3.11. The molecule has 1 unspecified atom stereocenters. The summed E-state index contributed by atoms with van der Waals surface area (Å²) in [6.07, 6.45) is 1.15. The summed E-state index contributed by atoms with van der Waals surface area (Å²) in [5.41, 5.74) is 4.29. The van der Waals surface area contributed by atoms with Crippen molar-refractivity contribution in [2.45, 2.75) is 25.9 Å². The van der Waals surface area contributed by atoms with Gasteiger partial charge in [0.1, 0.15) is 0 Å². The molecule has 21 heavy (non-hydrogen) atoms. The van der Waals surface area contributed by atoms with E-state index in [1.807, 2.05) is 55.5 Å². The lowest BCUT2D eigenvalue weighted by molar-refractivity contribution is 0.168. The van der Waals surface area contributed by atoms with Crippen LogP contribution in [0.25, 0.3) is 10.9 Å². The van der Waals surface area contributed by atoms with Gasteiger partial charge in [0.2, 0.25) is 0 Å². The fourth-order valence-corrected chi connectivity index (χ4v) is 2.74. The Balaban J connectivity index is 1.82. The second kappa shape index (κ2) is 6.06. The second-order valence-corrected chi connectivity index (χ2v) is 5.41. The van der Waals surface area contributed by atoms with Crippen LogP contribution in [0.3, 0.4) is 0 Å². The number of fused-ring (bicyclic) bond motifs is 1. The van der Waals surface area contributed by atoms with E-state index in [4.69, 9.17) is 0 Å². The Labute approximate surface area is 125 Å². The predicted molar refractivity (Wildman–Crippen MR) is 86.2 cm³/mol. The topological polar surface area (TPSA) is 33.1 Å². The molecular formula is C19H19NO. The average molecular weight is 277 g/mol. The summed E-state index contributed by atoms with van der Waals surface area (Å²) in [5.74, 6) is 0. The zero-order valence-electron chi connectivity index (χ0n) is 12.2.